The second-order valence-corrected chi connectivity index (χ2v) is 4.11. The van der Waals surface area contributed by atoms with Gasteiger partial charge in [0.15, 0.2) is 0 Å². The normalized spacial score (nSPS) is 27.3. The van der Waals surface area contributed by atoms with Crippen LogP contribution in [0.15, 0.2) is 0 Å². The summed E-state index contributed by atoms with van der Waals surface area (Å²) in [5, 5.41) is 11.4. The van der Waals surface area contributed by atoms with Crippen molar-refractivity contribution in [3.05, 3.63) is 0 Å². The van der Waals surface area contributed by atoms with E-state index in [2.05, 4.69) is 19.2 Å². The van der Waals surface area contributed by atoms with Crippen LogP contribution in [0.5, 0.6) is 0 Å². The first-order chi connectivity index (χ1) is 6.60. The van der Waals surface area contributed by atoms with Gasteiger partial charge in [0.25, 0.3) is 0 Å². The molecule has 0 aliphatic carbocycles. The van der Waals surface area contributed by atoms with E-state index < -0.39 is 0 Å². The third-order valence-electron chi connectivity index (χ3n) is 2.92. The Bertz CT molecular complexity index is 206. The maximum atomic E-state index is 11.2. The van der Waals surface area contributed by atoms with Gasteiger partial charge in [-0.25, -0.2) is 4.79 Å². The van der Waals surface area contributed by atoms with Gasteiger partial charge in [-0.2, -0.15) is 0 Å². The number of aliphatic hydroxyl groups is 1. The molecule has 1 aliphatic rings. The van der Waals surface area contributed by atoms with Crippen molar-refractivity contribution < 1.29 is 14.6 Å². The van der Waals surface area contributed by atoms with E-state index in [0.717, 1.165) is 12.8 Å². The Morgan fingerprint density at radius 2 is 2.36 bits per heavy atom. The Balaban J connectivity index is 2.64. The highest BCUT2D eigenvalue weighted by Crippen LogP contribution is 2.32. The SMILES string of the molecule is CC(C)[C@@]1(CCCO)CCNC(=O)O1. The van der Waals surface area contributed by atoms with Crippen molar-refractivity contribution >= 4 is 6.09 Å². The van der Waals surface area contributed by atoms with Crippen LogP contribution in [0.3, 0.4) is 0 Å². The van der Waals surface area contributed by atoms with Crippen molar-refractivity contribution in [3.63, 3.8) is 0 Å². The van der Waals surface area contributed by atoms with Gasteiger partial charge in [0.1, 0.15) is 5.60 Å². The number of ether oxygens (including phenoxy) is 1. The van der Waals surface area contributed by atoms with E-state index in [1.807, 2.05) is 0 Å². The zero-order valence-corrected chi connectivity index (χ0v) is 8.88. The Morgan fingerprint density at radius 3 is 2.86 bits per heavy atom. The Hall–Kier alpha value is -0.770. The molecule has 1 saturated heterocycles. The Morgan fingerprint density at radius 1 is 1.64 bits per heavy atom. The number of nitrogens with one attached hydrogen (secondary N) is 1. The molecule has 1 heterocycles. The van der Waals surface area contributed by atoms with Crippen molar-refractivity contribution in [1.82, 2.24) is 5.32 Å². The lowest BCUT2D eigenvalue weighted by Crippen LogP contribution is -2.50. The molecular weight excluding hydrogens is 182 g/mol. The number of carbonyl (C=O) groups is 1. The van der Waals surface area contributed by atoms with E-state index in [9.17, 15) is 4.79 Å². The monoisotopic (exact) mass is 201 g/mol. The van der Waals surface area contributed by atoms with E-state index in [4.69, 9.17) is 9.84 Å². The van der Waals surface area contributed by atoms with Gasteiger partial charge < -0.3 is 15.2 Å². The molecule has 0 spiro atoms. The molecule has 1 amide bonds. The van der Waals surface area contributed by atoms with Gasteiger partial charge in [0, 0.05) is 19.6 Å². The van der Waals surface area contributed by atoms with Gasteiger partial charge in [-0.1, -0.05) is 13.8 Å². The first-order valence-corrected chi connectivity index (χ1v) is 5.18. The van der Waals surface area contributed by atoms with Crippen molar-refractivity contribution in [2.24, 2.45) is 5.92 Å². The summed E-state index contributed by atoms with van der Waals surface area (Å²) in [5.74, 6) is 0.292. The average molecular weight is 201 g/mol. The number of carbonyl (C=O) groups excluding carboxylic acids is 1. The van der Waals surface area contributed by atoms with Crippen LogP contribution < -0.4 is 5.32 Å². The number of hydrogen-bond donors (Lipinski definition) is 2. The molecule has 4 nitrogen and oxygen atoms in total. The number of amides is 1. The maximum absolute atomic E-state index is 11.2. The van der Waals surface area contributed by atoms with Crippen LogP contribution in [0.1, 0.15) is 33.1 Å². The molecule has 0 unspecified atom stereocenters. The third kappa shape index (κ3) is 2.38. The standard InChI is InChI=1S/C10H19NO3/c1-8(2)10(4-3-7-12)5-6-11-9(13)14-10/h8,12H,3-7H2,1-2H3,(H,11,13)/t10-/m1/s1. The molecular formula is C10H19NO3. The van der Waals surface area contributed by atoms with Crippen LogP contribution in [0, 0.1) is 5.92 Å². The summed E-state index contributed by atoms with van der Waals surface area (Å²) >= 11 is 0. The molecule has 0 bridgehead atoms. The van der Waals surface area contributed by atoms with Crippen LogP contribution in [-0.2, 0) is 4.74 Å². The maximum Gasteiger partial charge on any atom is 0.407 e. The highest BCUT2D eigenvalue weighted by Gasteiger charge is 2.39. The second-order valence-electron chi connectivity index (χ2n) is 4.11. The van der Waals surface area contributed by atoms with E-state index in [0.29, 0.717) is 18.9 Å². The molecule has 14 heavy (non-hydrogen) atoms. The van der Waals surface area contributed by atoms with Crippen molar-refractivity contribution in [2.75, 3.05) is 13.2 Å². The van der Waals surface area contributed by atoms with E-state index in [-0.39, 0.29) is 18.3 Å². The minimum Gasteiger partial charge on any atom is -0.443 e. The highest BCUT2D eigenvalue weighted by molar-refractivity contribution is 5.68. The van der Waals surface area contributed by atoms with Crippen LogP contribution in [0.25, 0.3) is 0 Å². The fourth-order valence-corrected chi connectivity index (χ4v) is 1.90. The predicted octanol–water partition coefficient (Wildman–Crippen LogP) is 1.28. The molecule has 0 aromatic carbocycles. The van der Waals surface area contributed by atoms with Crippen molar-refractivity contribution in [2.45, 2.75) is 38.7 Å². The fourth-order valence-electron chi connectivity index (χ4n) is 1.90. The largest absolute Gasteiger partial charge is 0.443 e. The molecule has 0 aromatic rings. The van der Waals surface area contributed by atoms with Crippen LogP contribution >= 0.6 is 0 Å². The van der Waals surface area contributed by atoms with E-state index in [1.165, 1.54) is 0 Å². The predicted molar refractivity (Wildman–Crippen MR) is 53.0 cm³/mol. The third-order valence-corrected chi connectivity index (χ3v) is 2.92. The first kappa shape index (κ1) is 11.3. The molecule has 0 aromatic heterocycles. The van der Waals surface area contributed by atoms with Gasteiger partial charge in [0.2, 0.25) is 0 Å². The molecule has 1 rings (SSSR count). The zero-order chi connectivity index (χ0) is 10.6. The molecule has 1 fully saturated rings. The Labute approximate surface area is 84.6 Å². The van der Waals surface area contributed by atoms with Gasteiger partial charge in [-0.15, -0.1) is 0 Å². The molecule has 1 atom stereocenters. The minimum atomic E-state index is -0.370. The average Bonchev–Trinajstić information content (AvgIpc) is 2.14. The lowest BCUT2D eigenvalue weighted by atomic mass is 9.82. The number of cyclic esters (lactones) is 1. The number of alkyl carbamates (subject to hydrolysis) is 1. The summed E-state index contributed by atoms with van der Waals surface area (Å²) in [6, 6.07) is 0. The van der Waals surface area contributed by atoms with Crippen molar-refractivity contribution in [3.8, 4) is 0 Å². The van der Waals surface area contributed by atoms with E-state index in [1.54, 1.807) is 0 Å². The highest BCUT2D eigenvalue weighted by atomic mass is 16.6. The van der Waals surface area contributed by atoms with Gasteiger partial charge in [-0.3, -0.25) is 0 Å². The smallest absolute Gasteiger partial charge is 0.407 e. The van der Waals surface area contributed by atoms with Gasteiger partial charge >= 0.3 is 6.09 Å². The number of hydrogen-bond acceptors (Lipinski definition) is 3. The fraction of sp³-hybridized carbons (Fsp3) is 0.900. The van der Waals surface area contributed by atoms with Crippen LogP contribution in [0.2, 0.25) is 0 Å². The minimum absolute atomic E-state index is 0.152. The number of rotatable bonds is 4. The van der Waals surface area contributed by atoms with E-state index >= 15 is 0 Å². The lowest BCUT2D eigenvalue weighted by molar-refractivity contribution is -0.0551. The number of aliphatic hydroxyl groups excluding tert-OH is 1. The second kappa shape index (κ2) is 4.64. The van der Waals surface area contributed by atoms with Crippen LogP contribution in [0.4, 0.5) is 4.79 Å². The van der Waals surface area contributed by atoms with Crippen molar-refractivity contribution in [1.29, 1.82) is 0 Å². The summed E-state index contributed by atoms with van der Waals surface area (Å²) in [7, 11) is 0. The summed E-state index contributed by atoms with van der Waals surface area (Å²) in [6.45, 7) is 4.92. The quantitative estimate of drug-likeness (QED) is 0.720. The van der Waals surface area contributed by atoms with Gasteiger partial charge in [0.05, 0.1) is 0 Å². The molecule has 4 heteroatoms. The topological polar surface area (TPSA) is 58.6 Å². The summed E-state index contributed by atoms with van der Waals surface area (Å²) in [6.07, 6.45) is 1.93. The first-order valence-electron chi connectivity index (χ1n) is 5.18. The lowest BCUT2D eigenvalue weighted by Gasteiger charge is -2.40. The molecule has 2 N–H and O–H groups in total. The summed E-state index contributed by atoms with van der Waals surface area (Å²) < 4.78 is 5.38. The Kier molecular flexibility index (Phi) is 3.75. The summed E-state index contributed by atoms with van der Waals surface area (Å²) in [4.78, 5) is 11.2. The molecule has 0 radical (unpaired) electrons. The van der Waals surface area contributed by atoms with Gasteiger partial charge in [-0.05, 0) is 18.8 Å². The molecule has 82 valence electrons. The molecule has 0 saturated carbocycles. The van der Waals surface area contributed by atoms with Crippen LogP contribution in [-0.4, -0.2) is 30.0 Å². The zero-order valence-electron chi connectivity index (χ0n) is 8.88. The molecule has 1 aliphatic heterocycles. The summed E-state index contributed by atoms with van der Waals surface area (Å²) in [5.41, 5.74) is -0.370.